The Hall–Kier alpha value is -1.26. The van der Waals surface area contributed by atoms with E-state index in [0.717, 1.165) is 27.8 Å². The van der Waals surface area contributed by atoms with Crippen LogP contribution in [0.4, 0.5) is 5.69 Å². The van der Waals surface area contributed by atoms with Gasteiger partial charge in [0, 0.05) is 19.8 Å². The van der Waals surface area contributed by atoms with Crippen LogP contribution in [0, 0.1) is 23.7 Å². The Morgan fingerprint density at radius 1 is 1.16 bits per heavy atom. The van der Waals surface area contributed by atoms with Crippen molar-refractivity contribution in [1.82, 2.24) is 4.90 Å². The number of anilines is 1. The highest BCUT2D eigenvalue weighted by atomic mass is 79.9. The maximum Gasteiger partial charge on any atom is 0.329 e. The summed E-state index contributed by atoms with van der Waals surface area (Å²) >= 11 is 10.7. The van der Waals surface area contributed by atoms with Gasteiger partial charge in [-0.05, 0) is 55.4 Å². The van der Waals surface area contributed by atoms with Crippen LogP contribution in [0.25, 0.3) is 0 Å². The minimum Gasteiger partial charge on any atom is -0.454 e. The maximum absolute atomic E-state index is 13.0. The number of alkyl halides is 2. The number of hydrogen-bond acceptors (Lipinski definition) is 5. The Labute approximate surface area is 211 Å². The summed E-state index contributed by atoms with van der Waals surface area (Å²) in [6, 6.07) is 4.42. The molecule has 0 aromatic heterocycles. The van der Waals surface area contributed by atoms with Gasteiger partial charge in [0.15, 0.2) is 6.61 Å². The van der Waals surface area contributed by atoms with Gasteiger partial charge in [0.25, 0.3) is 5.91 Å². The summed E-state index contributed by atoms with van der Waals surface area (Å²) in [6.07, 6.45) is 1.54. The van der Waals surface area contributed by atoms with Crippen LogP contribution < -0.4 is 5.32 Å². The number of carbonyl (C=O) groups is 4. The average molecular weight is 635 g/mol. The van der Waals surface area contributed by atoms with Gasteiger partial charge in [0.2, 0.25) is 11.8 Å². The van der Waals surface area contributed by atoms with Crippen molar-refractivity contribution in [3.63, 3.8) is 0 Å². The van der Waals surface area contributed by atoms with Crippen molar-refractivity contribution in [3.05, 3.63) is 28.2 Å². The topological polar surface area (TPSA) is 92.8 Å². The van der Waals surface area contributed by atoms with Gasteiger partial charge < -0.3 is 10.1 Å². The molecule has 1 aromatic carbocycles. The average Bonchev–Trinajstić information content (AvgIpc) is 3.37. The normalized spacial score (nSPS) is 31.6. The Morgan fingerprint density at radius 2 is 1.75 bits per heavy atom. The third-order valence-electron chi connectivity index (χ3n) is 6.82. The first-order chi connectivity index (χ1) is 15.1. The number of benzene rings is 1. The molecular weight excluding hydrogens is 612 g/mol. The fourth-order valence-corrected chi connectivity index (χ4v) is 7.56. The number of nitrogens with zero attached hydrogens (tertiary/aromatic N) is 1. The van der Waals surface area contributed by atoms with Crippen molar-refractivity contribution >= 4 is 77.2 Å². The summed E-state index contributed by atoms with van der Waals surface area (Å²) in [5.41, 5.74) is 1.59. The number of halogens is 3. The molecule has 2 saturated carbocycles. The van der Waals surface area contributed by atoms with E-state index in [-0.39, 0.29) is 33.3 Å². The number of fused-ring (bicyclic) bond motifs is 5. The molecule has 0 spiro atoms. The zero-order valence-electron chi connectivity index (χ0n) is 17.5. The standard InChI is InChI=1S/C22H23Br3N2O5/c1-3-10-6-11(23)4-5-14(10)26-15(28)8-32-22(31)9(2)27-20(29)16-12-7-13(17(16)21(27)30)19(25)18(12)24/h4-6,9,12-13,16-19H,3,7-8H2,1-2H3,(H,26,28)/t9-,12+,13+,16+,17+,18-,19-/m0/s1. The number of esters is 1. The lowest BCUT2D eigenvalue weighted by atomic mass is 9.81. The first kappa shape index (κ1) is 23.9. The molecule has 10 heteroatoms. The highest BCUT2D eigenvalue weighted by Crippen LogP contribution is 2.60. The van der Waals surface area contributed by atoms with E-state index in [1.807, 2.05) is 19.1 Å². The lowest BCUT2D eigenvalue weighted by Gasteiger charge is -2.28. The maximum atomic E-state index is 13.0. The Balaban J connectivity index is 1.37. The zero-order valence-corrected chi connectivity index (χ0v) is 22.3. The highest BCUT2D eigenvalue weighted by Gasteiger charge is 2.67. The number of nitrogens with one attached hydrogen (secondary N) is 1. The Kier molecular flexibility index (Phi) is 6.85. The summed E-state index contributed by atoms with van der Waals surface area (Å²) in [7, 11) is 0. The number of carbonyl (C=O) groups excluding carboxylic acids is 4. The Bertz CT molecular complexity index is 954. The zero-order chi connectivity index (χ0) is 23.3. The van der Waals surface area contributed by atoms with E-state index in [9.17, 15) is 19.2 Å². The predicted molar refractivity (Wildman–Crippen MR) is 128 cm³/mol. The molecular formula is C22H23Br3N2O5. The summed E-state index contributed by atoms with van der Waals surface area (Å²) in [4.78, 5) is 52.3. The van der Waals surface area contributed by atoms with Gasteiger partial charge in [-0.25, -0.2) is 4.79 Å². The molecule has 1 saturated heterocycles. The summed E-state index contributed by atoms with van der Waals surface area (Å²) in [5, 5.41) is 2.74. The van der Waals surface area contributed by atoms with Crippen molar-refractivity contribution in [2.45, 2.75) is 42.4 Å². The molecule has 4 rings (SSSR count). The molecule has 32 heavy (non-hydrogen) atoms. The van der Waals surface area contributed by atoms with Crippen LogP contribution in [0.2, 0.25) is 0 Å². The molecule has 2 bridgehead atoms. The lowest BCUT2D eigenvalue weighted by molar-refractivity contribution is -0.159. The van der Waals surface area contributed by atoms with Gasteiger partial charge in [0.1, 0.15) is 6.04 Å². The van der Waals surface area contributed by atoms with E-state index in [4.69, 9.17) is 4.74 Å². The van der Waals surface area contributed by atoms with Crippen molar-refractivity contribution in [3.8, 4) is 0 Å². The summed E-state index contributed by atoms with van der Waals surface area (Å²) in [5.74, 6) is -2.53. The fourth-order valence-electron chi connectivity index (χ4n) is 5.28. The molecule has 2 aliphatic carbocycles. The van der Waals surface area contributed by atoms with Crippen LogP contribution in [0.15, 0.2) is 22.7 Å². The monoisotopic (exact) mass is 632 g/mol. The van der Waals surface area contributed by atoms with Crippen molar-refractivity contribution in [1.29, 1.82) is 0 Å². The van der Waals surface area contributed by atoms with Crippen molar-refractivity contribution in [2.75, 3.05) is 11.9 Å². The lowest BCUT2D eigenvalue weighted by Crippen LogP contribution is -2.45. The number of rotatable bonds is 6. The number of ether oxygens (including phenoxy) is 1. The minimum atomic E-state index is -1.07. The van der Waals surface area contributed by atoms with Gasteiger partial charge in [-0.3, -0.25) is 19.3 Å². The second-order valence-corrected chi connectivity index (χ2v) is 11.6. The van der Waals surface area contributed by atoms with E-state index >= 15 is 0 Å². The third-order valence-corrected chi connectivity index (χ3v) is 10.5. The van der Waals surface area contributed by atoms with Gasteiger partial charge in [0.05, 0.1) is 11.8 Å². The molecule has 3 amide bonds. The number of imide groups is 1. The third kappa shape index (κ3) is 3.96. The summed E-state index contributed by atoms with van der Waals surface area (Å²) in [6.45, 7) is 2.95. The number of aryl methyl sites for hydroxylation is 1. The fraction of sp³-hybridized carbons (Fsp3) is 0.545. The van der Waals surface area contributed by atoms with E-state index in [0.29, 0.717) is 5.69 Å². The number of amides is 3. The van der Waals surface area contributed by atoms with Crippen LogP contribution in [0.5, 0.6) is 0 Å². The van der Waals surface area contributed by atoms with Gasteiger partial charge in [-0.2, -0.15) is 0 Å². The second kappa shape index (κ2) is 9.18. The molecule has 1 aliphatic heterocycles. The van der Waals surface area contributed by atoms with Crippen LogP contribution in [-0.4, -0.2) is 50.9 Å². The summed E-state index contributed by atoms with van der Waals surface area (Å²) < 4.78 is 6.06. The van der Waals surface area contributed by atoms with E-state index in [2.05, 4.69) is 53.1 Å². The van der Waals surface area contributed by atoms with Crippen LogP contribution >= 0.6 is 47.8 Å². The van der Waals surface area contributed by atoms with Crippen molar-refractivity contribution in [2.24, 2.45) is 23.7 Å². The molecule has 172 valence electrons. The Morgan fingerprint density at radius 3 is 2.31 bits per heavy atom. The van der Waals surface area contributed by atoms with Crippen molar-refractivity contribution < 1.29 is 23.9 Å². The first-order valence-corrected chi connectivity index (χ1v) is 13.2. The van der Waals surface area contributed by atoms with E-state index < -0.39 is 36.4 Å². The molecule has 1 aromatic rings. The molecule has 0 radical (unpaired) electrons. The van der Waals surface area contributed by atoms with Crippen LogP contribution in [-0.2, 0) is 30.3 Å². The molecule has 3 fully saturated rings. The predicted octanol–water partition coefficient (Wildman–Crippen LogP) is 3.66. The largest absolute Gasteiger partial charge is 0.454 e. The molecule has 7 nitrogen and oxygen atoms in total. The number of hydrogen-bond donors (Lipinski definition) is 1. The quantitative estimate of drug-likeness (QED) is 0.293. The minimum absolute atomic E-state index is 0.0727. The number of likely N-dealkylation sites (tertiary alicyclic amines) is 1. The molecule has 1 N–H and O–H groups in total. The van der Waals surface area contributed by atoms with E-state index in [1.54, 1.807) is 6.07 Å². The SMILES string of the molecule is CCc1cc(Br)ccc1NC(=O)COC(=O)[C@H](C)N1C(=O)[C@@H]2[C@H]3C[C@@H]([C@H](Br)[C@H]3Br)[C@H]2C1=O. The molecule has 3 aliphatic rings. The smallest absolute Gasteiger partial charge is 0.329 e. The molecule has 0 unspecified atom stereocenters. The van der Waals surface area contributed by atoms with Gasteiger partial charge in [-0.15, -0.1) is 0 Å². The van der Waals surface area contributed by atoms with Crippen LogP contribution in [0.1, 0.15) is 25.8 Å². The van der Waals surface area contributed by atoms with Gasteiger partial charge in [-0.1, -0.05) is 54.7 Å². The van der Waals surface area contributed by atoms with E-state index in [1.165, 1.54) is 6.92 Å². The molecule has 7 atom stereocenters. The first-order valence-electron chi connectivity index (χ1n) is 10.6. The molecule has 1 heterocycles. The van der Waals surface area contributed by atoms with Gasteiger partial charge >= 0.3 is 5.97 Å². The van der Waals surface area contributed by atoms with Crippen LogP contribution in [0.3, 0.4) is 0 Å². The second-order valence-electron chi connectivity index (χ2n) is 8.54. The highest BCUT2D eigenvalue weighted by molar-refractivity contribution is 9.12.